The van der Waals surface area contributed by atoms with E-state index in [4.69, 9.17) is 15.3 Å². The van der Waals surface area contributed by atoms with Crippen LogP contribution < -0.4 is 0 Å². The molecule has 150 valence electrons. The fraction of sp³-hybridized carbons (Fsp3) is 0.143. The van der Waals surface area contributed by atoms with Gasteiger partial charge >= 0.3 is 11.9 Å². The van der Waals surface area contributed by atoms with E-state index in [0.717, 1.165) is 31.3 Å². The fourth-order valence-electron chi connectivity index (χ4n) is 2.69. The molecule has 0 bridgehead atoms. The monoisotopic (exact) mass is 430 g/mol. The molecule has 6 nitrogen and oxygen atoms in total. The standard InChI is InChI=1S/C11H10O3S.C10H8O3S/c1-14-11(13)10-5-8-4-7(6-12)2-3-9(8)15-10;11-5-6-1-2-8-7(3-6)4-9(14-8)10(12)13/h2-5,12H,6H2,1H3;1-4,11H,5H2,(H,12,13). The Kier molecular flexibility index (Phi) is 6.60. The second-order valence-corrected chi connectivity index (χ2v) is 8.25. The van der Waals surface area contributed by atoms with Crippen molar-refractivity contribution in [2.45, 2.75) is 13.2 Å². The average Bonchev–Trinajstić information content (AvgIpc) is 3.36. The minimum atomic E-state index is -0.906. The van der Waals surface area contributed by atoms with Crippen molar-refractivity contribution in [3.05, 3.63) is 69.4 Å². The molecule has 0 aliphatic carbocycles. The summed E-state index contributed by atoms with van der Waals surface area (Å²) in [6.45, 7) is -0.00641. The van der Waals surface area contributed by atoms with E-state index in [1.807, 2.05) is 24.3 Å². The predicted molar refractivity (Wildman–Crippen MR) is 114 cm³/mol. The molecular formula is C21H18O6S2. The molecule has 0 aliphatic rings. The van der Waals surface area contributed by atoms with Crippen LogP contribution in [0.2, 0.25) is 0 Å². The molecule has 3 N–H and O–H groups in total. The van der Waals surface area contributed by atoms with Crippen LogP contribution >= 0.6 is 22.7 Å². The molecule has 0 amide bonds. The molecule has 0 unspecified atom stereocenters. The van der Waals surface area contributed by atoms with E-state index in [1.54, 1.807) is 24.3 Å². The summed E-state index contributed by atoms with van der Waals surface area (Å²) in [6.07, 6.45) is 0. The van der Waals surface area contributed by atoms with Crippen LogP contribution in [0.5, 0.6) is 0 Å². The number of rotatable bonds is 4. The van der Waals surface area contributed by atoms with E-state index in [9.17, 15) is 9.59 Å². The number of hydrogen-bond donors (Lipinski definition) is 3. The van der Waals surface area contributed by atoms with Crippen molar-refractivity contribution in [2.24, 2.45) is 0 Å². The lowest BCUT2D eigenvalue weighted by Crippen LogP contribution is -1.96. The van der Waals surface area contributed by atoms with Gasteiger partial charge < -0.3 is 20.1 Å². The number of thiophene rings is 2. The van der Waals surface area contributed by atoms with Gasteiger partial charge in [0.25, 0.3) is 0 Å². The summed E-state index contributed by atoms with van der Waals surface area (Å²) < 4.78 is 6.60. The van der Waals surface area contributed by atoms with Crippen LogP contribution in [0.25, 0.3) is 20.2 Å². The molecule has 29 heavy (non-hydrogen) atoms. The number of carboxylic acids is 1. The largest absolute Gasteiger partial charge is 0.477 e. The molecule has 2 aromatic heterocycles. The highest BCUT2D eigenvalue weighted by atomic mass is 32.1. The Hall–Kier alpha value is -2.78. The number of aliphatic hydroxyl groups is 2. The lowest BCUT2D eigenvalue weighted by atomic mass is 10.2. The Labute approximate surface area is 174 Å². The predicted octanol–water partition coefficient (Wildman–Crippen LogP) is 4.27. The summed E-state index contributed by atoms with van der Waals surface area (Å²) >= 11 is 2.64. The molecule has 0 aliphatic heterocycles. The van der Waals surface area contributed by atoms with E-state index in [1.165, 1.54) is 29.8 Å². The summed E-state index contributed by atoms with van der Waals surface area (Å²) in [5, 5.41) is 28.5. The number of benzene rings is 2. The number of methoxy groups -OCH3 is 1. The summed E-state index contributed by atoms with van der Waals surface area (Å²) in [4.78, 5) is 22.9. The third-order valence-corrected chi connectivity index (χ3v) is 6.32. The summed E-state index contributed by atoms with van der Waals surface area (Å²) in [5.41, 5.74) is 1.64. The van der Waals surface area contributed by atoms with Gasteiger partial charge in [0.15, 0.2) is 0 Å². The van der Waals surface area contributed by atoms with Crippen LogP contribution in [-0.2, 0) is 18.0 Å². The number of fused-ring (bicyclic) bond motifs is 2. The van der Waals surface area contributed by atoms with E-state index in [2.05, 4.69) is 4.74 Å². The number of aliphatic hydroxyl groups excluding tert-OH is 2. The quantitative estimate of drug-likeness (QED) is 0.418. The molecule has 0 saturated heterocycles. The van der Waals surface area contributed by atoms with Crippen LogP contribution in [0.4, 0.5) is 0 Å². The molecule has 4 rings (SSSR count). The van der Waals surface area contributed by atoms with Crippen molar-refractivity contribution in [1.82, 2.24) is 0 Å². The smallest absolute Gasteiger partial charge is 0.348 e. The van der Waals surface area contributed by atoms with E-state index < -0.39 is 5.97 Å². The highest BCUT2D eigenvalue weighted by Crippen LogP contribution is 2.27. The molecule has 2 aromatic carbocycles. The first-order valence-electron chi connectivity index (χ1n) is 8.53. The highest BCUT2D eigenvalue weighted by molar-refractivity contribution is 7.21. The zero-order valence-electron chi connectivity index (χ0n) is 15.4. The Balaban J connectivity index is 0.000000166. The van der Waals surface area contributed by atoms with Crippen molar-refractivity contribution >= 4 is 54.8 Å². The normalized spacial score (nSPS) is 10.6. The second-order valence-electron chi connectivity index (χ2n) is 6.08. The van der Waals surface area contributed by atoms with Gasteiger partial charge in [-0.1, -0.05) is 12.1 Å². The lowest BCUT2D eigenvalue weighted by molar-refractivity contribution is 0.0605. The number of esters is 1. The van der Waals surface area contributed by atoms with Gasteiger partial charge in [0.05, 0.1) is 20.3 Å². The van der Waals surface area contributed by atoms with E-state index >= 15 is 0 Å². The maximum Gasteiger partial charge on any atom is 0.348 e. The van der Waals surface area contributed by atoms with Gasteiger partial charge in [-0.2, -0.15) is 0 Å². The Morgan fingerprint density at radius 1 is 0.828 bits per heavy atom. The van der Waals surface area contributed by atoms with Gasteiger partial charge in [0.1, 0.15) is 9.75 Å². The minimum Gasteiger partial charge on any atom is -0.477 e. The third kappa shape index (κ3) is 4.80. The molecule has 0 fully saturated rings. The molecule has 2 heterocycles. The van der Waals surface area contributed by atoms with Gasteiger partial charge in [-0.3, -0.25) is 0 Å². The summed E-state index contributed by atoms with van der Waals surface area (Å²) in [5.74, 6) is -1.22. The number of aromatic carboxylic acids is 1. The van der Waals surface area contributed by atoms with Crippen molar-refractivity contribution in [2.75, 3.05) is 7.11 Å². The Morgan fingerprint density at radius 3 is 1.76 bits per heavy atom. The molecule has 0 spiro atoms. The number of ether oxygens (including phenoxy) is 1. The lowest BCUT2D eigenvalue weighted by Gasteiger charge is -1.93. The third-order valence-electron chi connectivity index (χ3n) is 4.12. The number of carbonyl (C=O) groups excluding carboxylic acids is 1. The first kappa shape index (κ1) is 20.9. The van der Waals surface area contributed by atoms with Crippen LogP contribution in [0.3, 0.4) is 0 Å². The molecule has 8 heteroatoms. The first-order chi connectivity index (χ1) is 13.9. The summed E-state index contributed by atoms with van der Waals surface area (Å²) in [6, 6.07) is 14.5. The highest BCUT2D eigenvalue weighted by Gasteiger charge is 2.10. The topological polar surface area (TPSA) is 104 Å². The zero-order chi connectivity index (χ0) is 21.0. The minimum absolute atomic E-state index is 0.0132. The second kappa shape index (κ2) is 9.15. The van der Waals surface area contributed by atoms with Crippen molar-refractivity contribution < 1.29 is 29.6 Å². The van der Waals surface area contributed by atoms with Crippen LogP contribution in [-0.4, -0.2) is 34.4 Å². The Bertz CT molecular complexity index is 1170. The number of carboxylic acid groups (broad SMARTS) is 1. The van der Waals surface area contributed by atoms with Gasteiger partial charge in [0, 0.05) is 9.40 Å². The molecular weight excluding hydrogens is 412 g/mol. The molecule has 0 radical (unpaired) electrons. The molecule has 4 aromatic rings. The van der Waals surface area contributed by atoms with E-state index in [-0.39, 0.29) is 19.2 Å². The molecule has 0 atom stereocenters. The number of hydrogen-bond acceptors (Lipinski definition) is 7. The van der Waals surface area contributed by atoms with Gasteiger partial charge in [-0.05, 0) is 58.3 Å². The maximum atomic E-state index is 11.3. The summed E-state index contributed by atoms with van der Waals surface area (Å²) in [7, 11) is 1.37. The Morgan fingerprint density at radius 2 is 1.31 bits per heavy atom. The average molecular weight is 431 g/mol. The number of carbonyl (C=O) groups is 2. The van der Waals surface area contributed by atoms with Crippen LogP contribution in [0.1, 0.15) is 30.5 Å². The van der Waals surface area contributed by atoms with Crippen LogP contribution in [0.15, 0.2) is 48.5 Å². The first-order valence-corrected chi connectivity index (χ1v) is 10.2. The zero-order valence-corrected chi connectivity index (χ0v) is 17.0. The van der Waals surface area contributed by atoms with E-state index in [0.29, 0.717) is 9.75 Å². The van der Waals surface area contributed by atoms with Crippen LogP contribution in [0, 0.1) is 0 Å². The fourth-order valence-corrected chi connectivity index (χ4v) is 4.53. The SMILES string of the molecule is COC(=O)c1cc2cc(CO)ccc2s1.O=C(O)c1cc2cc(CO)ccc2s1. The van der Waals surface area contributed by atoms with Gasteiger partial charge in [-0.25, -0.2) is 9.59 Å². The van der Waals surface area contributed by atoms with Gasteiger partial charge in [0.2, 0.25) is 0 Å². The molecule has 0 saturated carbocycles. The van der Waals surface area contributed by atoms with Crippen molar-refractivity contribution in [3.8, 4) is 0 Å². The van der Waals surface area contributed by atoms with Crippen molar-refractivity contribution in [3.63, 3.8) is 0 Å². The van der Waals surface area contributed by atoms with Crippen molar-refractivity contribution in [1.29, 1.82) is 0 Å². The van der Waals surface area contributed by atoms with Gasteiger partial charge in [-0.15, -0.1) is 22.7 Å². The maximum absolute atomic E-state index is 11.3.